The third-order valence-electron chi connectivity index (χ3n) is 3.72. The number of barbiturate groups is 1. The zero-order chi connectivity index (χ0) is 16.4. The van der Waals surface area contributed by atoms with Gasteiger partial charge < -0.3 is 5.11 Å². The average Bonchev–Trinajstić information content (AvgIpc) is 2.58. The fourth-order valence-corrected chi connectivity index (χ4v) is 2.48. The molecule has 23 heavy (non-hydrogen) atoms. The molecule has 1 heterocycles. The van der Waals surface area contributed by atoms with Crippen LogP contribution < -0.4 is 5.32 Å². The predicted octanol–water partition coefficient (Wildman–Crippen LogP) is 1.15. The van der Waals surface area contributed by atoms with Crippen molar-refractivity contribution in [2.75, 3.05) is 0 Å². The van der Waals surface area contributed by atoms with Gasteiger partial charge in [0.1, 0.15) is 0 Å². The molecule has 0 saturated carbocycles. The minimum Gasteiger partial charge on any atom is -0.368 e. The molecule has 2 aromatic rings. The number of benzene rings is 2. The summed E-state index contributed by atoms with van der Waals surface area (Å²) in [4.78, 5) is 37.6. The Hall–Kier alpha value is -2.99. The van der Waals surface area contributed by atoms with E-state index in [-0.39, 0.29) is 12.1 Å². The molecule has 6 heteroatoms. The van der Waals surface area contributed by atoms with Crippen LogP contribution in [-0.2, 0) is 21.7 Å². The third kappa shape index (κ3) is 2.49. The van der Waals surface area contributed by atoms with E-state index in [1.807, 2.05) is 11.4 Å². The van der Waals surface area contributed by atoms with Crippen molar-refractivity contribution in [2.24, 2.45) is 0 Å². The summed E-state index contributed by atoms with van der Waals surface area (Å²) in [6.45, 7) is -0.0338. The molecule has 0 radical (unpaired) electrons. The number of aliphatic hydroxyl groups is 1. The Bertz CT molecular complexity index is 761. The average molecular weight is 310 g/mol. The highest BCUT2D eigenvalue weighted by Crippen LogP contribution is 2.28. The standard InChI is InChI=1S/C17H14N2O4/c20-14-17(23,13-9-5-2-6-10-13)15(21)19(16(22)18-14)11-12-7-3-1-4-8-12/h1-10,23H,11H2,(H,18,20,22). The van der Waals surface area contributed by atoms with Gasteiger partial charge in [0, 0.05) is 5.56 Å². The predicted molar refractivity (Wildman–Crippen MR) is 80.9 cm³/mol. The van der Waals surface area contributed by atoms with E-state index < -0.39 is 23.4 Å². The van der Waals surface area contributed by atoms with Gasteiger partial charge in [-0.15, -0.1) is 0 Å². The highest BCUT2D eigenvalue weighted by molar-refractivity contribution is 6.21. The van der Waals surface area contributed by atoms with E-state index in [2.05, 4.69) is 0 Å². The van der Waals surface area contributed by atoms with Gasteiger partial charge in [0.2, 0.25) is 5.60 Å². The van der Waals surface area contributed by atoms with Gasteiger partial charge in [0.15, 0.2) is 0 Å². The zero-order valence-corrected chi connectivity index (χ0v) is 12.1. The third-order valence-corrected chi connectivity index (χ3v) is 3.72. The Labute approximate surface area is 132 Å². The minimum absolute atomic E-state index is 0.0338. The van der Waals surface area contributed by atoms with Crippen molar-refractivity contribution in [2.45, 2.75) is 12.1 Å². The summed E-state index contributed by atoms with van der Waals surface area (Å²) in [7, 11) is 0. The molecule has 1 aliphatic rings. The summed E-state index contributed by atoms with van der Waals surface area (Å²) in [6, 6.07) is 15.9. The van der Waals surface area contributed by atoms with E-state index in [1.165, 1.54) is 12.1 Å². The lowest BCUT2D eigenvalue weighted by Crippen LogP contribution is -2.65. The van der Waals surface area contributed by atoms with Gasteiger partial charge in [-0.25, -0.2) is 4.79 Å². The first-order valence-corrected chi connectivity index (χ1v) is 7.02. The number of hydrogen-bond acceptors (Lipinski definition) is 4. The number of carbonyl (C=O) groups excluding carboxylic acids is 3. The van der Waals surface area contributed by atoms with Gasteiger partial charge in [-0.3, -0.25) is 19.8 Å². The second-order valence-corrected chi connectivity index (χ2v) is 5.21. The molecule has 116 valence electrons. The topological polar surface area (TPSA) is 86.7 Å². The number of urea groups is 1. The SMILES string of the molecule is O=C1NC(=O)C(O)(c2ccccc2)C(=O)N1Cc1ccccc1. The van der Waals surface area contributed by atoms with Crippen molar-refractivity contribution in [1.29, 1.82) is 0 Å². The molecule has 1 fully saturated rings. The van der Waals surface area contributed by atoms with Gasteiger partial charge >= 0.3 is 6.03 Å². The van der Waals surface area contributed by atoms with Crippen LogP contribution in [0, 0.1) is 0 Å². The van der Waals surface area contributed by atoms with Crippen molar-refractivity contribution < 1.29 is 19.5 Å². The molecule has 3 rings (SSSR count). The Morgan fingerprint density at radius 1 is 0.913 bits per heavy atom. The fourth-order valence-electron chi connectivity index (χ4n) is 2.48. The van der Waals surface area contributed by atoms with Crippen molar-refractivity contribution in [3.8, 4) is 0 Å². The van der Waals surface area contributed by atoms with Crippen LogP contribution in [0.2, 0.25) is 0 Å². The van der Waals surface area contributed by atoms with Gasteiger partial charge in [0.05, 0.1) is 6.54 Å². The molecule has 0 bridgehead atoms. The van der Waals surface area contributed by atoms with Crippen molar-refractivity contribution >= 4 is 17.8 Å². The van der Waals surface area contributed by atoms with Crippen LogP contribution in [-0.4, -0.2) is 27.9 Å². The molecule has 0 aliphatic carbocycles. The lowest BCUT2D eigenvalue weighted by molar-refractivity contribution is -0.163. The maximum Gasteiger partial charge on any atom is 0.331 e. The van der Waals surface area contributed by atoms with E-state index >= 15 is 0 Å². The molecule has 1 atom stereocenters. The van der Waals surface area contributed by atoms with Crippen LogP contribution in [0.1, 0.15) is 11.1 Å². The molecule has 6 nitrogen and oxygen atoms in total. The van der Waals surface area contributed by atoms with Gasteiger partial charge in [0.25, 0.3) is 11.8 Å². The van der Waals surface area contributed by atoms with E-state index in [1.54, 1.807) is 42.5 Å². The van der Waals surface area contributed by atoms with Crippen LogP contribution in [0.5, 0.6) is 0 Å². The number of nitrogens with zero attached hydrogens (tertiary/aromatic N) is 1. The quantitative estimate of drug-likeness (QED) is 0.833. The molecule has 0 spiro atoms. The molecule has 2 N–H and O–H groups in total. The van der Waals surface area contributed by atoms with Crippen molar-refractivity contribution in [3.05, 3.63) is 71.8 Å². The molecule has 1 saturated heterocycles. The van der Waals surface area contributed by atoms with Crippen LogP contribution in [0.15, 0.2) is 60.7 Å². The normalized spacial score (nSPS) is 21.3. The smallest absolute Gasteiger partial charge is 0.331 e. The summed E-state index contributed by atoms with van der Waals surface area (Å²) in [6.07, 6.45) is 0. The second kappa shape index (κ2) is 5.66. The molecule has 1 aliphatic heterocycles. The number of imide groups is 2. The van der Waals surface area contributed by atoms with E-state index in [4.69, 9.17) is 0 Å². The second-order valence-electron chi connectivity index (χ2n) is 5.21. The molecular weight excluding hydrogens is 296 g/mol. The number of rotatable bonds is 3. The van der Waals surface area contributed by atoms with E-state index in [0.717, 1.165) is 4.90 Å². The highest BCUT2D eigenvalue weighted by atomic mass is 16.3. The zero-order valence-electron chi connectivity index (χ0n) is 12.1. The number of amides is 4. The van der Waals surface area contributed by atoms with E-state index in [0.29, 0.717) is 5.56 Å². The van der Waals surface area contributed by atoms with Crippen LogP contribution in [0.4, 0.5) is 4.79 Å². The molecule has 4 amide bonds. The number of hydrogen-bond donors (Lipinski definition) is 2. The molecule has 0 aromatic heterocycles. The summed E-state index contributed by atoms with van der Waals surface area (Å²) in [5.74, 6) is -2.00. The Morgan fingerprint density at radius 3 is 2.09 bits per heavy atom. The van der Waals surface area contributed by atoms with Crippen molar-refractivity contribution in [3.63, 3.8) is 0 Å². The van der Waals surface area contributed by atoms with E-state index in [9.17, 15) is 19.5 Å². The van der Waals surface area contributed by atoms with Crippen LogP contribution in [0.25, 0.3) is 0 Å². The Morgan fingerprint density at radius 2 is 1.48 bits per heavy atom. The summed E-state index contributed by atoms with van der Waals surface area (Å²) < 4.78 is 0. The largest absolute Gasteiger partial charge is 0.368 e. The maximum atomic E-state index is 12.7. The summed E-state index contributed by atoms with van der Waals surface area (Å²) >= 11 is 0. The fraction of sp³-hybridized carbons (Fsp3) is 0.118. The first-order chi connectivity index (χ1) is 11.0. The Balaban J connectivity index is 1.98. The number of nitrogens with one attached hydrogen (secondary N) is 1. The number of carbonyl (C=O) groups is 3. The van der Waals surface area contributed by atoms with Crippen molar-refractivity contribution in [1.82, 2.24) is 10.2 Å². The first kappa shape index (κ1) is 14.9. The Kier molecular flexibility index (Phi) is 3.67. The molecule has 2 aromatic carbocycles. The van der Waals surface area contributed by atoms with Crippen LogP contribution >= 0.6 is 0 Å². The lowest BCUT2D eigenvalue weighted by atomic mass is 9.89. The summed E-state index contributed by atoms with van der Waals surface area (Å²) in [5.41, 5.74) is -1.59. The summed E-state index contributed by atoms with van der Waals surface area (Å²) in [5, 5.41) is 12.7. The minimum atomic E-state index is -2.41. The van der Waals surface area contributed by atoms with Gasteiger partial charge in [-0.2, -0.15) is 0 Å². The lowest BCUT2D eigenvalue weighted by Gasteiger charge is -2.35. The maximum absolute atomic E-state index is 12.7. The monoisotopic (exact) mass is 310 g/mol. The van der Waals surface area contributed by atoms with Gasteiger partial charge in [-0.1, -0.05) is 60.7 Å². The van der Waals surface area contributed by atoms with Crippen LogP contribution in [0.3, 0.4) is 0 Å². The highest BCUT2D eigenvalue weighted by Gasteiger charge is 2.54. The van der Waals surface area contributed by atoms with Gasteiger partial charge in [-0.05, 0) is 5.56 Å². The first-order valence-electron chi connectivity index (χ1n) is 7.02. The molecule has 1 unspecified atom stereocenters. The molecular formula is C17H14N2O4.